The Morgan fingerprint density at radius 1 is 1.64 bits per heavy atom. The third-order valence-corrected chi connectivity index (χ3v) is 2.00. The molecular formula is C11H13N3. The molecule has 0 aromatic rings. The van der Waals surface area contributed by atoms with Crippen molar-refractivity contribution in [1.29, 1.82) is 5.26 Å². The molecule has 0 fully saturated rings. The maximum atomic E-state index is 8.90. The van der Waals surface area contributed by atoms with Crippen LogP contribution >= 0.6 is 0 Å². The molecule has 3 nitrogen and oxygen atoms in total. The van der Waals surface area contributed by atoms with E-state index in [0.717, 1.165) is 11.4 Å². The van der Waals surface area contributed by atoms with Crippen LogP contribution in [0.1, 0.15) is 13.8 Å². The molecule has 0 unspecified atom stereocenters. The van der Waals surface area contributed by atoms with Gasteiger partial charge in [0.25, 0.3) is 0 Å². The van der Waals surface area contributed by atoms with E-state index in [1.54, 1.807) is 24.6 Å². The van der Waals surface area contributed by atoms with Gasteiger partial charge in [0.15, 0.2) is 0 Å². The van der Waals surface area contributed by atoms with E-state index >= 15 is 0 Å². The molecule has 1 aliphatic heterocycles. The zero-order chi connectivity index (χ0) is 10.6. The zero-order valence-corrected chi connectivity index (χ0v) is 8.41. The van der Waals surface area contributed by atoms with Crippen LogP contribution < -0.4 is 5.32 Å². The molecule has 0 atom stereocenters. The highest BCUT2D eigenvalue weighted by Gasteiger charge is 2.22. The van der Waals surface area contributed by atoms with Gasteiger partial charge in [0.1, 0.15) is 5.82 Å². The lowest BCUT2D eigenvalue weighted by Gasteiger charge is -2.19. The molecule has 1 rings (SSSR count). The van der Waals surface area contributed by atoms with Crippen molar-refractivity contribution in [2.45, 2.75) is 13.8 Å². The minimum atomic E-state index is -0.504. The molecule has 3 heteroatoms. The van der Waals surface area contributed by atoms with Crippen molar-refractivity contribution in [2.24, 2.45) is 10.4 Å². The second-order valence-corrected chi connectivity index (χ2v) is 3.53. The predicted molar refractivity (Wildman–Crippen MR) is 57.4 cm³/mol. The number of nitrogens with one attached hydrogen (secondary N) is 1. The van der Waals surface area contributed by atoms with E-state index in [2.05, 4.69) is 23.0 Å². The fourth-order valence-electron chi connectivity index (χ4n) is 0.974. The average Bonchev–Trinajstić information content (AvgIpc) is 2.19. The number of hydrogen-bond donors (Lipinski definition) is 1. The smallest absolute Gasteiger partial charge is 0.129 e. The summed E-state index contributed by atoms with van der Waals surface area (Å²) in [5, 5.41) is 11.9. The Hall–Kier alpha value is -1.82. The summed E-state index contributed by atoms with van der Waals surface area (Å²) in [5.41, 5.74) is 0.372. The van der Waals surface area contributed by atoms with Gasteiger partial charge in [-0.2, -0.15) is 5.26 Å². The molecule has 1 N–H and O–H groups in total. The lowest BCUT2D eigenvalue weighted by Crippen LogP contribution is -2.20. The molecule has 0 aliphatic carbocycles. The van der Waals surface area contributed by atoms with E-state index in [9.17, 15) is 0 Å². The predicted octanol–water partition coefficient (Wildman–Crippen LogP) is 2.12. The van der Waals surface area contributed by atoms with E-state index in [4.69, 9.17) is 5.26 Å². The van der Waals surface area contributed by atoms with Gasteiger partial charge in [-0.3, -0.25) is 0 Å². The molecule has 0 radical (unpaired) electrons. The van der Waals surface area contributed by atoms with Crippen molar-refractivity contribution < 1.29 is 0 Å². The third-order valence-electron chi connectivity index (χ3n) is 2.00. The molecule has 0 aromatic carbocycles. The van der Waals surface area contributed by atoms with Crippen LogP contribution in [-0.2, 0) is 0 Å². The Morgan fingerprint density at radius 2 is 2.36 bits per heavy atom. The molecule has 1 heterocycles. The maximum absolute atomic E-state index is 8.90. The van der Waals surface area contributed by atoms with Crippen LogP contribution in [0.4, 0.5) is 0 Å². The first-order valence-electron chi connectivity index (χ1n) is 4.35. The fraction of sp³-hybridized carbons (Fsp3) is 0.273. The van der Waals surface area contributed by atoms with Crippen molar-refractivity contribution >= 4 is 6.21 Å². The van der Waals surface area contributed by atoms with Gasteiger partial charge in [0.2, 0.25) is 0 Å². The third kappa shape index (κ3) is 2.11. The largest absolute Gasteiger partial charge is 0.346 e. The van der Waals surface area contributed by atoms with Crippen LogP contribution in [0.3, 0.4) is 0 Å². The van der Waals surface area contributed by atoms with Gasteiger partial charge in [0, 0.05) is 18.0 Å². The van der Waals surface area contributed by atoms with Gasteiger partial charge in [-0.15, -0.1) is 0 Å². The highest BCUT2D eigenvalue weighted by Crippen LogP contribution is 2.24. The van der Waals surface area contributed by atoms with Crippen molar-refractivity contribution in [1.82, 2.24) is 5.32 Å². The normalized spacial score (nSPS) is 18.4. The van der Waals surface area contributed by atoms with Crippen molar-refractivity contribution in [3.63, 3.8) is 0 Å². The Balaban J connectivity index is 2.84. The number of allylic oxidation sites excluding steroid dienone is 3. The summed E-state index contributed by atoms with van der Waals surface area (Å²) in [4.78, 5) is 4.15. The van der Waals surface area contributed by atoms with Gasteiger partial charge in [0.05, 0.1) is 11.5 Å². The zero-order valence-electron chi connectivity index (χ0n) is 8.41. The second kappa shape index (κ2) is 3.93. The highest BCUT2D eigenvalue weighted by molar-refractivity contribution is 5.83. The summed E-state index contributed by atoms with van der Waals surface area (Å²) in [6.45, 7) is 7.29. The van der Waals surface area contributed by atoms with Crippen molar-refractivity contribution in [2.75, 3.05) is 0 Å². The first-order valence-corrected chi connectivity index (χ1v) is 4.35. The Labute approximate surface area is 84.2 Å². The van der Waals surface area contributed by atoms with E-state index in [0.29, 0.717) is 0 Å². The minimum absolute atomic E-state index is 0.504. The first-order chi connectivity index (χ1) is 6.60. The van der Waals surface area contributed by atoms with E-state index in [1.165, 1.54) is 0 Å². The minimum Gasteiger partial charge on any atom is -0.346 e. The lowest BCUT2D eigenvalue weighted by atomic mass is 9.87. The summed E-state index contributed by atoms with van der Waals surface area (Å²) in [5.74, 6) is 0.734. The lowest BCUT2D eigenvalue weighted by molar-refractivity contribution is 0.616. The number of nitrogens with zero attached hydrogens (tertiary/aromatic N) is 2. The van der Waals surface area contributed by atoms with E-state index < -0.39 is 5.41 Å². The average molecular weight is 187 g/mol. The van der Waals surface area contributed by atoms with Crippen molar-refractivity contribution in [3.05, 3.63) is 36.3 Å². The monoisotopic (exact) mass is 187 g/mol. The summed E-state index contributed by atoms with van der Waals surface area (Å²) in [6.07, 6.45) is 6.93. The Kier molecular flexibility index (Phi) is 2.88. The van der Waals surface area contributed by atoms with Crippen LogP contribution in [0.25, 0.3) is 0 Å². The van der Waals surface area contributed by atoms with Crippen LogP contribution in [0.2, 0.25) is 0 Å². The molecule has 72 valence electrons. The number of rotatable bonds is 2. The Morgan fingerprint density at radius 3 is 2.79 bits per heavy atom. The summed E-state index contributed by atoms with van der Waals surface area (Å²) >= 11 is 0. The van der Waals surface area contributed by atoms with Gasteiger partial charge < -0.3 is 5.32 Å². The first kappa shape index (κ1) is 10.3. The second-order valence-electron chi connectivity index (χ2n) is 3.53. The van der Waals surface area contributed by atoms with Gasteiger partial charge in [-0.05, 0) is 19.9 Å². The van der Waals surface area contributed by atoms with Crippen LogP contribution in [-0.4, -0.2) is 6.21 Å². The molecule has 1 aliphatic rings. The highest BCUT2D eigenvalue weighted by atomic mass is 15.0. The topological polar surface area (TPSA) is 48.2 Å². The number of hydrogen-bond acceptors (Lipinski definition) is 3. The number of aliphatic imine (C=N–C) groups is 1. The Bertz CT molecular complexity index is 364. The maximum Gasteiger partial charge on any atom is 0.129 e. The molecule has 0 saturated heterocycles. The standard InChI is InChI=1S/C11H13N3/c1-4-5-10-13-6-9(7-14-10)11(2,3)8-12/h4-7,13H,1H2,2-3H3/b10-5+. The molecule has 0 spiro atoms. The SMILES string of the molecule is C=C/C=C1/N=CC(C(C)(C)C#N)=CN1. The molecule has 0 saturated carbocycles. The van der Waals surface area contributed by atoms with Gasteiger partial charge >= 0.3 is 0 Å². The van der Waals surface area contributed by atoms with Crippen molar-refractivity contribution in [3.8, 4) is 6.07 Å². The fourth-order valence-corrected chi connectivity index (χ4v) is 0.974. The molecule has 14 heavy (non-hydrogen) atoms. The van der Waals surface area contributed by atoms with Gasteiger partial charge in [-0.1, -0.05) is 12.7 Å². The van der Waals surface area contributed by atoms with Crippen LogP contribution in [0, 0.1) is 16.7 Å². The number of nitriles is 1. The van der Waals surface area contributed by atoms with E-state index in [1.807, 2.05) is 13.8 Å². The molecule has 0 bridgehead atoms. The van der Waals surface area contributed by atoms with Crippen LogP contribution in [0.5, 0.6) is 0 Å². The van der Waals surface area contributed by atoms with Crippen LogP contribution in [0.15, 0.2) is 41.3 Å². The van der Waals surface area contributed by atoms with E-state index in [-0.39, 0.29) is 0 Å². The molecule has 0 amide bonds. The van der Waals surface area contributed by atoms with Gasteiger partial charge in [-0.25, -0.2) is 4.99 Å². The molecule has 0 aromatic heterocycles. The molecular weight excluding hydrogens is 174 g/mol. The summed E-state index contributed by atoms with van der Waals surface area (Å²) in [6, 6.07) is 2.22. The quantitative estimate of drug-likeness (QED) is 0.719. The summed E-state index contributed by atoms with van der Waals surface area (Å²) < 4.78 is 0. The summed E-state index contributed by atoms with van der Waals surface area (Å²) in [7, 11) is 0.